The van der Waals surface area contributed by atoms with E-state index in [-0.39, 0.29) is 41.9 Å². The Bertz CT molecular complexity index is 1400. The van der Waals surface area contributed by atoms with E-state index < -0.39 is 6.17 Å². The van der Waals surface area contributed by atoms with Crippen molar-refractivity contribution in [3.63, 3.8) is 0 Å². The number of esters is 1. The van der Waals surface area contributed by atoms with Crippen LogP contribution in [0.3, 0.4) is 0 Å². The highest BCUT2D eigenvalue weighted by Crippen LogP contribution is 2.22. The molecule has 1 aromatic carbocycles. The van der Waals surface area contributed by atoms with Crippen LogP contribution in [-0.4, -0.2) is 75.7 Å². The molecule has 3 rings (SSSR count). The predicted octanol–water partition coefficient (Wildman–Crippen LogP) is 2.90. The fraction of sp³-hybridized carbons (Fsp3) is 0.581. The number of carbonyl (C=O) groups excluding carboxylic acids is 2. The molecule has 5 N–H and O–H groups in total. The second-order valence-electron chi connectivity index (χ2n) is 10.7. The quantitative estimate of drug-likeness (QED) is 0.117. The molecule has 2 atom stereocenters. The minimum Gasteiger partial charge on any atom is -0.469 e. The summed E-state index contributed by atoms with van der Waals surface area (Å²) in [6, 6.07) is 7.35. The lowest BCUT2D eigenvalue weighted by molar-refractivity contribution is -0.139. The maximum atomic E-state index is 13.4. The Kier molecular flexibility index (Phi) is 13.6. The zero-order valence-electron chi connectivity index (χ0n) is 26.6. The van der Waals surface area contributed by atoms with Crippen LogP contribution < -0.4 is 26.8 Å². The van der Waals surface area contributed by atoms with Crippen LogP contribution in [0, 0.1) is 0 Å². The molecule has 3 aromatic rings. The zero-order chi connectivity index (χ0) is 32.1. The van der Waals surface area contributed by atoms with Crippen LogP contribution in [0.2, 0.25) is 0 Å². The molecule has 0 spiro atoms. The fourth-order valence-electron chi connectivity index (χ4n) is 5.12. The van der Waals surface area contributed by atoms with Crippen molar-refractivity contribution in [1.82, 2.24) is 35.1 Å². The van der Waals surface area contributed by atoms with Gasteiger partial charge in [-0.1, -0.05) is 64.8 Å². The normalized spacial score (nSPS) is 12.8. The zero-order valence-corrected chi connectivity index (χ0v) is 26.6. The van der Waals surface area contributed by atoms with Crippen LogP contribution in [0.25, 0.3) is 11.2 Å². The highest BCUT2D eigenvalue weighted by molar-refractivity contribution is 5.82. The SMILES string of the molecule is CCCCOc1nc(N)c2[nH]c(=O)n(C(CCN(CC)C(CCC)C(=O)NCc3ccc(CC(=O)OC)cc3)NCC)c2n1. The van der Waals surface area contributed by atoms with Crippen molar-refractivity contribution in [2.45, 2.75) is 85.0 Å². The summed E-state index contributed by atoms with van der Waals surface area (Å²) >= 11 is 0. The number of likely N-dealkylation sites (N-methyl/N-ethyl adjacent to an activating group) is 1. The van der Waals surface area contributed by atoms with Crippen molar-refractivity contribution in [3.8, 4) is 6.01 Å². The molecular formula is C31H48N8O5. The Hall–Kier alpha value is -3.97. The number of aromatic nitrogens is 4. The van der Waals surface area contributed by atoms with E-state index in [0.29, 0.717) is 56.8 Å². The average molecular weight is 613 g/mol. The van der Waals surface area contributed by atoms with Crippen LogP contribution in [0.1, 0.15) is 77.1 Å². The van der Waals surface area contributed by atoms with E-state index in [0.717, 1.165) is 30.4 Å². The molecule has 0 fully saturated rings. The fourth-order valence-corrected chi connectivity index (χ4v) is 5.12. The monoisotopic (exact) mass is 612 g/mol. The summed E-state index contributed by atoms with van der Waals surface area (Å²) in [4.78, 5) is 51.8. The number of nitrogens with two attached hydrogens (primary N) is 1. The number of benzene rings is 1. The summed E-state index contributed by atoms with van der Waals surface area (Å²) in [6.07, 6.45) is 3.70. The Morgan fingerprint density at radius 3 is 2.43 bits per heavy atom. The number of aromatic amines is 1. The number of imidazole rings is 1. The van der Waals surface area contributed by atoms with Gasteiger partial charge in [-0.3, -0.25) is 24.4 Å². The van der Waals surface area contributed by atoms with Gasteiger partial charge in [0.1, 0.15) is 5.52 Å². The number of ether oxygens (including phenoxy) is 2. The molecule has 242 valence electrons. The van der Waals surface area contributed by atoms with E-state index in [2.05, 4.69) is 44.3 Å². The molecular weight excluding hydrogens is 564 g/mol. The molecule has 2 aromatic heterocycles. The number of H-pyrrole nitrogens is 1. The number of nitrogen functional groups attached to an aromatic ring is 1. The third-order valence-electron chi connectivity index (χ3n) is 7.52. The van der Waals surface area contributed by atoms with Gasteiger partial charge in [-0.25, -0.2) is 4.79 Å². The van der Waals surface area contributed by atoms with Gasteiger partial charge in [0, 0.05) is 13.1 Å². The van der Waals surface area contributed by atoms with Crippen LogP contribution >= 0.6 is 0 Å². The highest BCUT2D eigenvalue weighted by Gasteiger charge is 2.26. The Balaban J connectivity index is 1.74. The summed E-state index contributed by atoms with van der Waals surface area (Å²) < 4.78 is 12.0. The number of nitrogens with zero attached hydrogens (tertiary/aromatic N) is 4. The van der Waals surface area contributed by atoms with Gasteiger partial charge >= 0.3 is 17.7 Å². The van der Waals surface area contributed by atoms with E-state index in [1.54, 1.807) is 4.57 Å². The number of methoxy groups -OCH3 is 1. The maximum absolute atomic E-state index is 13.4. The summed E-state index contributed by atoms with van der Waals surface area (Å²) in [5.41, 5.74) is 8.36. The second-order valence-corrected chi connectivity index (χ2v) is 10.7. The third-order valence-corrected chi connectivity index (χ3v) is 7.52. The number of anilines is 1. The Morgan fingerprint density at radius 2 is 1.80 bits per heavy atom. The lowest BCUT2D eigenvalue weighted by atomic mass is 10.1. The second kappa shape index (κ2) is 17.4. The van der Waals surface area contributed by atoms with Crippen molar-refractivity contribution >= 4 is 28.9 Å². The molecule has 0 aliphatic carbocycles. The topological polar surface area (TPSA) is 169 Å². The molecule has 0 radical (unpaired) electrons. The van der Waals surface area contributed by atoms with E-state index in [9.17, 15) is 14.4 Å². The number of fused-ring (bicyclic) bond motifs is 1. The molecule has 13 heteroatoms. The van der Waals surface area contributed by atoms with E-state index >= 15 is 0 Å². The molecule has 0 bridgehead atoms. The molecule has 0 aliphatic rings. The van der Waals surface area contributed by atoms with Crippen molar-refractivity contribution < 1.29 is 19.1 Å². The van der Waals surface area contributed by atoms with Crippen LogP contribution in [0.5, 0.6) is 6.01 Å². The van der Waals surface area contributed by atoms with Crippen LogP contribution in [-0.2, 0) is 27.3 Å². The first kappa shape index (κ1) is 34.5. The standard InChI is InChI=1S/C31H48N8O5/c1-6-10-18-44-30-36-27(32)26-28(37-30)39(31(42)35-26)24(33-8-3)16-17-38(9-4)23(11-7-2)29(41)34-20-22-14-12-21(13-15-22)19-25(40)43-5/h12-15,23-24,33H,6-11,16-20H2,1-5H3,(H,34,41)(H,35,42)(H2,32,36,37). The van der Waals surface area contributed by atoms with Gasteiger partial charge in [-0.15, -0.1) is 0 Å². The first-order chi connectivity index (χ1) is 21.3. The largest absolute Gasteiger partial charge is 0.469 e. The van der Waals surface area contributed by atoms with Crippen molar-refractivity contribution in [2.24, 2.45) is 0 Å². The number of rotatable bonds is 19. The third kappa shape index (κ3) is 9.26. The molecule has 2 heterocycles. The summed E-state index contributed by atoms with van der Waals surface area (Å²) in [6.45, 7) is 10.8. The minimum atomic E-state index is -0.401. The first-order valence-electron chi connectivity index (χ1n) is 15.6. The molecule has 13 nitrogen and oxygen atoms in total. The number of nitrogens with one attached hydrogen (secondary N) is 3. The number of amides is 1. The van der Waals surface area contributed by atoms with Gasteiger partial charge in [0.05, 0.1) is 32.3 Å². The predicted molar refractivity (Wildman–Crippen MR) is 170 cm³/mol. The highest BCUT2D eigenvalue weighted by atomic mass is 16.5. The van der Waals surface area contributed by atoms with Gasteiger partial charge in [0.25, 0.3) is 0 Å². The summed E-state index contributed by atoms with van der Waals surface area (Å²) in [5, 5.41) is 6.48. The first-order valence-corrected chi connectivity index (χ1v) is 15.6. The maximum Gasteiger partial charge on any atom is 0.329 e. The number of hydrogen-bond donors (Lipinski definition) is 4. The molecule has 2 unspecified atom stereocenters. The number of unbranched alkanes of at least 4 members (excludes halogenated alkanes) is 1. The lowest BCUT2D eigenvalue weighted by Gasteiger charge is -2.31. The molecule has 1 amide bonds. The molecule has 0 saturated carbocycles. The summed E-state index contributed by atoms with van der Waals surface area (Å²) in [7, 11) is 1.37. The van der Waals surface area contributed by atoms with Crippen LogP contribution in [0.4, 0.5) is 5.82 Å². The average Bonchev–Trinajstić information content (AvgIpc) is 3.35. The van der Waals surface area contributed by atoms with Gasteiger partial charge < -0.3 is 25.5 Å². The number of hydrogen-bond acceptors (Lipinski definition) is 10. The molecule has 0 saturated heterocycles. The molecule has 0 aliphatic heterocycles. The van der Waals surface area contributed by atoms with Crippen molar-refractivity contribution in [1.29, 1.82) is 0 Å². The van der Waals surface area contributed by atoms with Crippen molar-refractivity contribution in [2.75, 3.05) is 39.1 Å². The van der Waals surface area contributed by atoms with Gasteiger partial charge in [-0.2, -0.15) is 9.97 Å². The van der Waals surface area contributed by atoms with Crippen molar-refractivity contribution in [3.05, 3.63) is 45.9 Å². The minimum absolute atomic E-state index is 0.0500. The van der Waals surface area contributed by atoms with Gasteiger partial charge in [-0.05, 0) is 43.5 Å². The smallest absolute Gasteiger partial charge is 0.329 e. The van der Waals surface area contributed by atoms with Gasteiger partial charge in [0.2, 0.25) is 5.91 Å². The number of carbonyl (C=O) groups is 2. The van der Waals surface area contributed by atoms with E-state index in [1.807, 2.05) is 38.1 Å². The van der Waals surface area contributed by atoms with Crippen LogP contribution in [0.15, 0.2) is 29.1 Å². The summed E-state index contributed by atoms with van der Waals surface area (Å²) in [5.74, 6) is -0.191. The Morgan fingerprint density at radius 1 is 1.07 bits per heavy atom. The van der Waals surface area contributed by atoms with E-state index in [1.165, 1.54) is 7.11 Å². The Labute approximate surface area is 258 Å². The van der Waals surface area contributed by atoms with E-state index in [4.69, 9.17) is 15.2 Å². The van der Waals surface area contributed by atoms with Gasteiger partial charge in [0.15, 0.2) is 11.5 Å². The lowest BCUT2D eigenvalue weighted by Crippen LogP contribution is -2.48. The molecule has 44 heavy (non-hydrogen) atoms.